The summed E-state index contributed by atoms with van der Waals surface area (Å²) in [6.07, 6.45) is 0. The fraction of sp³-hybridized carbons (Fsp3) is 0.154. The van der Waals surface area contributed by atoms with Crippen LogP contribution in [0.5, 0.6) is 11.5 Å². The Labute approximate surface area is 187 Å². The molecule has 6 nitrogen and oxygen atoms in total. The number of imide groups is 1. The Balaban J connectivity index is 1.83. The van der Waals surface area contributed by atoms with Crippen LogP contribution >= 0.6 is 0 Å². The van der Waals surface area contributed by atoms with Gasteiger partial charge < -0.3 is 14.4 Å². The van der Waals surface area contributed by atoms with Crippen molar-refractivity contribution in [3.8, 4) is 11.5 Å². The summed E-state index contributed by atoms with van der Waals surface area (Å²) in [6, 6.07) is 24.2. The van der Waals surface area contributed by atoms with E-state index in [1.54, 1.807) is 37.3 Å². The van der Waals surface area contributed by atoms with Gasteiger partial charge in [-0.3, -0.25) is 14.5 Å². The number of anilines is 1. The van der Waals surface area contributed by atoms with E-state index >= 15 is 0 Å². The van der Waals surface area contributed by atoms with Gasteiger partial charge in [0.15, 0.2) is 11.5 Å². The van der Waals surface area contributed by atoms with E-state index in [4.69, 9.17) is 9.47 Å². The Morgan fingerprint density at radius 1 is 0.781 bits per heavy atom. The summed E-state index contributed by atoms with van der Waals surface area (Å²) < 4.78 is 10.8. The maximum atomic E-state index is 13.6. The molecular weight excluding hydrogens is 404 g/mol. The molecule has 0 aliphatic carbocycles. The monoisotopic (exact) mass is 428 g/mol. The lowest BCUT2D eigenvalue weighted by Gasteiger charge is -2.21. The zero-order valence-corrected chi connectivity index (χ0v) is 18.2. The van der Waals surface area contributed by atoms with E-state index in [0.717, 1.165) is 11.3 Å². The topological polar surface area (TPSA) is 59.1 Å². The van der Waals surface area contributed by atoms with Crippen molar-refractivity contribution in [3.05, 3.63) is 95.7 Å². The zero-order valence-electron chi connectivity index (χ0n) is 18.2. The summed E-state index contributed by atoms with van der Waals surface area (Å²) in [5, 5.41) is 0. The number of likely N-dealkylation sites (N-methyl/N-ethyl adjacent to an activating group) is 1. The van der Waals surface area contributed by atoms with Crippen LogP contribution in [-0.2, 0) is 16.1 Å². The quantitative estimate of drug-likeness (QED) is 0.530. The van der Waals surface area contributed by atoms with Crippen LogP contribution in [0.1, 0.15) is 11.1 Å². The van der Waals surface area contributed by atoms with Crippen molar-refractivity contribution in [2.24, 2.45) is 0 Å². The van der Waals surface area contributed by atoms with Gasteiger partial charge in [-0.25, -0.2) is 0 Å². The Kier molecular flexibility index (Phi) is 5.94. The fourth-order valence-electron chi connectivity index (χ4n) is 3.82. The minimum absolute atomic E-state index is 0.196. The molecule has 3 aromatic carbocycles. The Bertz CT molecular complexity index is 1170. The molecule has 4 rings (SSSR count). The lowest BCUT2D eigenvalue weighted by atomic mass is 10.0. The lowest BCUT2D eigenvalue weighted by Crippen LogP contribution is -2.33. The number of rotatable bonds is 7. The second-order valence-corrected chi connectivity index (χ2v) is 7.37. The standard InChI is InChI=1S/C26H24N2O4/c1-27(20-12-8-5-9-13-20)24-23(19-14-15-21(31-2)22(16-19)32-3)25(29)28(26(24)30)17-18-10-6-4-7-11-18/h4-16H,17H2,1-3H3. The summed E-state index contributed by atoms with van der Waals surface area (Å²) in [7, 11) is 4.89. The van der Waals surface area contributed by atoms with E-state index in [2.05, 4.69) is 0 Å². The fourth-order valence-corrected chi connectivity index (χ4v) is 3.82. The minimum Gasteiger partial charge on any atom is -0.493 e. The lowest BCUT2D eigenvalue weighted by molar-refractivity contribution is -0.137. The molecule has 0 radical (unpaired) electrons. The third-order valence-electron chi connectivity index (χ3n) is 5.48. The Morgan fingerprint density at radius 3 is 2.03 bits per heavy atom. The highest BCUT2D eigenvalue weighted by Gasteiger charge is 2.41. The number of ether oxygens (including phenoxy) is 2. The van der Waals surface area contributed by atoms with Gasteiger partial charge in [-0.15, -0.1) is 0 Å². The van der Waals surface area contributed by atoms with Gasteiger partial charge in [-0.2, -0.15) is 0 Å². The number of hydrogen-bond acceptors (Lipinski definition) is 5. The van der Waals surface area contributed by atoms with Crippen LogP contribution in [0.25, 0.3) is 5.57 Å². The van der Waals surface area contributed by atoms with E-state index in [1.165, 1.54) is 12.0 Å². The molecule has 1 aliphatic heterocycles. The van der Waals surface area contributed by atoms with Crippen molar-refractivity contribution < 1.29 is 19.1 Å². The van der Waals surface area contributed by atoms with Crippen LogP contribution in [0, 0.1) is 0 Å². The molecular formula is C26H24N2O4. The van der Waals surface area contributed by atoms with E-state index in [9.17, 15) is 9.59 Å². The van der Waals surface area contributed by atoms with Crippen molar-refractivity contribution >= 4 is 23.1 Å². The molecule has 0 saturated carbocycles. The summed E-state index contributed by atoms with van der Waals surface area (Å²) in [5.41, 5.74) is 2.93. The Hall–Kier alpha value is -4.06. The molecule has 1 aliphatic rings. The van der Waals surface area contributed by atoms with Gasteiger partial charge in [0.05, 0.1) is 26.3 Å². The maximum absolute atomic E-state index is 13.6. The molecule has 0 bridgehead atoms. The van der Waals surface area contributed by atoms with E-state index in [1.807, 2.05) is 60.7 Å². The smallest absolute Gasteiger partial charge is 0.278 e. The molecule has 0 N–H and O–H groups in total. The molecule has 2 amide bonds. The van der Waals surface area contributed by atoms with E-state index < -0.39 is 0 Å². The van der Waals surface area contributed by atoms with Crippen LogP contribution in [0.2, 0.25) is 0 Å². The van der Waals surface area contributed by atoms with Crippen molar-refractivity contribution in [3.63, 3.8) is 0 Å². The molecule has 3 aromatic rings. The van der Waals surface area contributed by atoms with Crippen LogP contribution in [0.15, 0.2) is 84.6 Å². The van der Waals surface area contributed by atoms with E-state index in [-0.39, 0.29) is 18.4 Å². The molecule has 32 heavy (non-hydrogen) atoms. The number of carbonyl (C=O) groups is 2. The van der Waals surface area contributed by atoms with Gasteiger partial charge in [0.25, 0.3) is 11.8 Å². The van der Waals surface area contributed by atoms with Crippen molar-refractivity contribution in [2.75, 3.05) is 26.2 Å². The van der Waals surface area contributed by atoms with Crippen LogP contribution < -0.4 is 14.4 Å². The number of carbonyl (C=O) groups excluding carboxylic acids is 2. The summed E-state index contributed by atoms with van der Waals surface area (Å²) >= 11 is 0. The van der Waals surface area contributed by atoms with Crippen LogP contribution in [-0.4, -0.2) is 38.0 Å². The second-order valence-electron chi connectivity index (χ2n) is 7.37. The number of amides is 2. The van der Waals surface area contributed by atoms with Crippen molar-refractivity contribution in [1.29, 1.82) is 0 Å². The average Bonchev–Trinajstić information content (AvgIpc) is 3.09. The first-order chi connectivity index (χ1) is 15.5. The molecule has 0 unspecified atom stereocenters. The summed E-state index contributed by atoms with van der Waals surface area (Å²) in [4.78, 5) is 30.2. The van der Waals surface area contributed by atoms with Crippen molar-refractivity contribution in [1.82, 2.24) is 4.90 Å². The predicted molar refractivity (Wildman–Crippen MR) is 123 cm³/mol. The number of para-hydroxylation sites is 1. The first kappa shape index (κ1) is 21.2. The molecule has 1 heterocycles. The zero-order chi connectivity index (χ0) is 22.7. The van der Waals surface area contributed by atoms with Gasteiger partial charge in [0.2, 0.25) is 0 Å². The van der Waals surface area contributed by atoms with Gasteiger partial charge in [-0.05, 0) is 35.4 Å². The van der Waals surface area contributed by atoms with Gasteiger partial charge in [0, 0.05) is 12.7 Å². The molecule has 0 aromatic heterocycles. The maximum Gasteiger partial charge on any atom is 0.278 e. The second kappa shape index (κ2) is 8.98. The van der Waals surface area contributed by atoms with Gasteiger partial charge in [-0.1, -0.05) is 54.6 Å². The van der Waals surface area contributed by atoms with E-state index in [0.29, 0.717) is 28.3 Å². The normalized spacial score (nSPS) is 13.5. The molecule has 0 fully saturated rings. The van der Waals surface area contributed by atoms with Gasteiger partial charge in [0.1, 0.15) is 5.70 Å². The third-order valence-corrected chi connectivity index (χ3v) is 5.48. The number of benzene rings is 3. The highest BCUT2D eigenvalue weighted by molar-refractivity contribution is 6.36. The summed E-state index contributed by atoms with van der Waals surface area (Å²) in [6.45, 7) is 0.196. The molecule has 162 valence electrons. The highest BCUT2D eigenvalue weighted by atomic mass is 16.5. The van der Waals surface area contributed by atoms with Crippen LogP contribution in [0.3, 0.4) is 0 Å². The first-order valence-corrected chi connectivity index (χ1v) is 10.2. The average molecular weight is 428 g/mol. The summed E-state index contributed by atoms with van der Waals surface area (Å²) in [5.74, 6) is 0.354. The highest BCUT2D eigenvalue weighted by Crippen LogP contribution is 2.37. The number of methoxy groups -OCH3 is 2. The third kappa shape index (κ3) is 3.83. The SMILES string of the molecule is COc1ccc(C2=C(N(C)c3ccccc3)C(=O)N(Cc3ccccc3)C2=O)cc1OC. The van der Waals surface area contributed by atoms with Gasteiger partial charge >= 0.3 is 0 Å². The minimum atomic E-state index is -0.344. The predicted octanol–water partition coefficient (Wildman–Crippen LogP) is 4.12. The molecule has 0 atom stereocenters. The molecule has 6 heteroatoms. The number of nitrogens with zero attached hydrogens (tertiary/aromatic N) is 2. The molecule has 0 saturated heterocycles. The molecule has 0 spiro atoms. The van der Waals surface area contributed by atoms with Crippen molar-refractivity contribution in [2.45, 2.75) is 6.54 Å². The Morgan fingerprint density at radius 2 is 1.41 bits per heavy atom. The largest absolute Gasteiger partial charge is 0.493 e. The first-order valence-electron chi connectivity index (χ1n) is 10.2. The van der Waals surface area contributed by atoms with Crippen LogP contribution in [0.4, 0.5) is 5.69 Å². The number of hydrogen-bond donors (Lipinski definition) is 0.